The molecule has 9 heteroatoms. The van der Waals surface area contributed by atoms with Crippen LogP contribution in [0, 0.1) is 10.1 Å². The summed E-state index contributed by atoms with van der Waals surface area (Å²) in [6.07, 6.45) is 1.04. The van der Waals surface area contributed by atoms with Crippen LogP contribution in [-0.4, -0.2) is 21.0 Å². The topological polar surface area (TPSA) is 105 Å². The van der Waals surface area contributed by atoms with Gasteiger partial charge in [-0.3, -0.25) is 10.1 Å². The Labute approximate surface area is 131 Å². The number of aromatic nitrogens is 1. The highest BCUT2D eigenvalue weighted by atomic mass is 79.9. The smallest absolute Gasteiger partial charge is 0.337 e. The molecule has 1 aromatic carbocycles. The summed E-state index contributed by atoms with van der Waals surface area (Å²) >= 11 is 9.18. The van der Waals surface area contributed by atoms with Crippen LogP contribution in [0.4, 0.5) is 17.2 Å². The molecule has 0 aliphatic heterocycles. The summed E-state index contributed by atoms with van der Waals surface area (Å²) < 4.78 is 0.519. The second-order valence-corrected chi connectivity index (χ2v) is 5.08. The number of hydrogen-bond acceptors (Lipinski definition) is 5. The van der Waals surface area contributed by atoms with Crippen LogP contribution >= 0.6 is 27.5 Å². The van der Waals surface area contributed by atoms with Crippen molar-refractivity contribution in [3.63, 3.8) is 0 Å². The highest BCUT2D eigenvalue weighted by Crippen LogP contribution is 2.34. The molecular formula is C12H7BrClN3O4. The Balaban J connectivity index is 2.46. The molecule has 1 heterocycles. The van der Waals surface area contributed by atoms with Gasteiger partial charge >= 0.3 is 11.7 Å². The number of aromatic carboxylic acids is 1. The van der Waals surface area contributed by atoms with E-state index in [1.54, 1.807) is 18.2 Å². The summed E-state index contributed by atoms with van der Waals surface area (Å²) in [6, 6.07) is 5.89. The largest absolute Gasteiger partial charge is 0.478 e. The molecule has 7 nitrogen and oxygen atoms in total. The molecule has 2 rings (SSSR count). The minimum absolute atomic E-state index is 0.0760. The summed E-state index contributed by atoms with van der Waals surface area (Å²) in [5, 5.41) is 23.1. The van der Waals surface area contributed by atoms with Gasteiger partial charge in [0, 0.05) is 12.3 Å². The fourth-order valence-electron chi connectivity index (χ4n) is 1.53. The van der Waals surface area contributed by atoms with Crippen LogP contribution in [0.2, 0.25) is 5.02 Å². The summed E-state index contributed by atoms with van der Waals surface area (Å²) in [4.78, 5) is 25.0. The Hall–Kier alpha value is -2.19. The van der Waals surface area contributed by atoms with Crippen molar-refractivity contribution < 1.29 is 14.8 Å². The van der Waals surface area contributed by atoms with E-state index in [9.17, 15) is 14.9 Å². The van der Waals surface area contributed by atoms with Crippen molar-refractivity contribution in [2.24, 2.45) is 0 Å². The number of halogens is 2. The van der Waals surface area contributed by atoms with Gasteiger partial charge in [-0.15, -0.1) is 0 Å². The van der Waals surface area contributed by atoms with Gasteiger partial charge in [-0.05, 0) is 28.1 Å². The van der Waals surface area contributed by atoms with Gasteiger partial charge in [-0.1, -0.05) is 17.7 Å². The molecule has 0 unspecified atom stereocenters. The number of anilines is 2. The standard InChI is InChI=1S/C12H7BrClN3O4/c13-10-7(14)2-1-3-8(10)16-11-9(17(20)21)4-6(5-15-11)12(18)19/h1-5H,(H,15,16)(H,18,19). The lowest BCUT2D eigenvalue weighted by molar-refractivity contribution is -0.384. The molecule has 0 amide bonds. The predicted molar refractivity (Wildman–Crippen MR) is 80.3 cm³/mol. The Kier molecular flexibility index (Phi) is 4.39. The second-order valence-electron chi connectivity index (χ2n) is 3.88. The summed E-state index contributed by atoms with van der Waals surface area (Å²) in [5.74, 6) is -1.37. The number of carboxylic acids is 1. The van der Waals surface area contributed by atoms with Gasteiger partial charge in [0.2, 0.25) is 5.82 Å². The number of pyridine rings is 1. The molecule has 2 N–H and O–H groups in total. The Bertz CT molecular complexity index is 738. The molecule has 0 saturated carbocycles. The van der Waals surface area contributed by atoms with Crippen LogP contribution in [0.5, 0.6) is 0 Å². The number of nitro groups is 1. The molecule has 2 aromatic rings. The van der Waals surface area contributed by atoms with Gasteiger partial charge < -0.3 is 10.4 Å². The lowest BCUT2D eigenvalue weighted by Gasteiger charge is -2.09. The van der Waals surface area contributed by atoms with Crippen LogP contribution in [0.3, 0.4) is 0 Å². The maximum atomic E-state index is 11.0. The molecule has 0 aliphatic rings. The van der Waals surface area contributed by atoms with Crippen LogP contribution in [0.15, 0.2) is 34.9 Å². The van der Waals surface area contributed by atoms with Crippen LogP contribution in [-0.2, 0) is 0 Å². The number of carbonyl (C=O) groups is 1. The van der Waals surface area contributed by atoms with Gasteiger partial charge in [0.25, 0.3) is 0 Å². The molecule has 0 fully saturated rings. The molecule has 0 atom stereocenters. The van der Waals surface area contributed by atoms with Gasteiger partial charge in [-0.25, -0.2) is 9.78 Å². The minimum Gasteiger partial charge on any atom is -0.478 e. The molecule has 21 heavy (non-hydrogen) atoms. The zero-order valence-corrected chi connectivity index (χ0v) is 12.6. The molecule has 0 saturated heterocycles. The Morgan fingerprint density at radius 3 is 2.81 bits per heavy atom. The highest BCUT2D eigenvalue weighted by molar-refractivity contribution is 9.10. The Morgan fingerprint density at radius 2 is 2.19 bits per heavy atom. The first-order valence-corrected chi connectivity index (χ1v) is 6.66. The van der Waals surface area contributed by atoms with Crippen molar-refractivity contribution >= 4 is 50.7 Å². The van der Waals surface area contributed by atoms with E-state index in [2.05, 4.69) is 26.2 Å². The van der Waals surface area contributed by atoms with E-state index in [1.165, 1.54) is 0 Å². The summed E-state index contributed by atoms with van der Waals surface area (Å²) in [5.41, 5.74) is -0.236. The van der Waals surface area contributed by atoms with Gasteiger partial charge in [-0.2, -0.15) is 0 Å². The fraction of sp³-hybridized carbons (Fsp3) is 0. The maximum Gasteiger partial charge on any atom is 0.337 e. The number of benzene rings is 1. The first-order chi connectivity index (χ1) is 9.90. The van der Waals surface area contributed by atoms with E-state index in [0.29, 0.717) is 15.2 Å². The van der Waals surface area contributed by atoms with E-state index >= 15 is 0 Å². The van der Waals surface area contributed by atoms with E-state index < -0.39 is 16.6 Å². The van der Waals surface area contributed by atoms with Crippen LogP contribution < -0.4 is 5.32 Å². The van der Waals surface area contributed by atoms with Crippen molar-refractivity contribution in [2.45, 2.75) is 0 Å². The molecule has 0 aliphatic carbocycles. The minimum atomic E-state index is -1.29. The van der Waals surface area contributed by atoms with Crippen molar-refractivity contribution in [2.75, 3.05) is 5.32 Å². The van der Waals surface area contributed by atoms with Crippen molar-refractivity contribution in [1.82, 2.24) is 4.98 Å². The quantitative estimate of drug-likeness (QED) is 0.624. The van der Waals surface area contributed by atoms with Gasteiger partial charge in [0.15, 0.2) is 0 Å². The molecular weight excluding hydrogens is 366 g/mol. The lowest BCUT2D eigenvalue weighted by atomic mass is 10.2. The zero-order valence-electron chi connectivity index (χ0n) is 10.2. The van der Waals surface area contributed by atoms with E-state index in [-0.39, 0.29) is 11.4 Å². The van der Waals surface area contributed by atoms with Crippen LogP contribution in [0.25, 0.3) is 0 Å². The number of nitrogens with zero attached hydrogens (tertiary/aromatic N) is 2. The maximum absolute atomic E-state index is 11.0. The molecule has 0 bridgehead atoms. The van der Waals surface area contributed by atoms with Crippen molar-refractivity contribution in [1.29, 1.82) is 0 Å². The summed E-state index contributed by atoms with van der Waals surface area (Å²) in [6.45, 7) is 0. The monoisotopic (exact) mass is 371 g/mol. The first-order valence-electron chi connectivity index (χ1n) is 5.49. The molecule has 0 spiro atoms. The number of carboxylic acid groups (broad SMARTS) is 1. The molecule has 108 valence electrons. The van der Waals surface area contributed by atoms with E-state index in [0.717, 1.165) is 12.3 Å². The number of rotatable bonds is 4. The van der Waals surface area contributed by atoms with Gasteiger partial charge in [0.1, 0.15) is 0 Å². The zero-order chi connectivity index (χ0) is 15.6. The first kappa shape index (κ1) is 15.2. The summed E-state index contributed by atoms with van der Waals surface area (Å²) in [7, 11) is 0. The van der Waals surface area contributed by atoms with E-state index in [1.807, 2.05) is 0 Å². The van der Waals surface area contributed by atoms with Crippen molar-refractivity contribution in [3.8, 4) is 0 Å². The third-order valence-electron chi connectivity index (χ3n) is 2.52. The van der Waals surface area contributed by atoms with Crippen LogP contribution in [0.1, 0.15) is 10.4 Å². The number of nitrogens with one attached hydrogen (secondary N) is 1. The van der Waals surface area contributed by atoms with Gasteiger partial charge in [0.05, 0.1) is 25.7 Å². The lowest BCUT2D eigenvalue weighted by Crippen LogP contribution is -2.04. The molecule has 1 aromatic heterocycles. The number of hydrogen-bond donors (Lipinski definition) is 2. The van der Waals surface area contributed by atoms with Crippen molar-refractivity contribution in [3.05, 3.63) is 55.6 Å². The normalized spacial score (nSPS) is 10.2. The average molecular weight is 373 g/mol. The van der Waals surface area contributed by atoms with E-state index in [4.69, 9.17) is 16.7 Å². The Morgan fingerprint density at radius 1 is 1.48 bits per heavy atom. The third-order valence-corrected chi connectivity index (χ3v) is 3.91. The highest BCUT2D eigenvalue weighted by Gasteiger charge is 2.20. The SMILES string of the molecule is O=C(O)c1cnc(Nc2cccc(Cl)c2Br)c([N+](=O)[O-])c1. The third kappa shape index (κ3) is 3.29. The predicted octanol–water partition coefficient (Wildman–Crippen LogP) is 3.85. The average Bonchev–Trinajstić information content (AvgIpc) is 2.43. The second kappa shape index (κ2) is 6.06. The fourth-order valence-corrected chi connectivity index (χ4v) is 2.07. The molecule has 0 radical (unpaired) electrons.